The van der Waals surface area contributed by atoms with Crippen LogP contribution in [0.4, 0.5) is 5.82 Å². The summed E-state index contributed by atoms with van der Waals surface area (Å²) >= 11 is 0. The van der Waals surface area contributed by atoms with Crippen molar-refractivity contribution in [1.29, 1.82) is 0 Å². The lowest BCUT2D eigenvalue weighted by Crippen LogP contribution is -2.32. The van der Waals surface area contributed by atoms with Gasteiger partial charge in [-0.15, -0.1) is 0 Å². The van der Waals surface area contributed by atoms with Gasteiger partial charge in [-0.1, -0.05) is 6.92 Å². The van der Waals surface area contributed by atoms with Gasteiger partial charge in [-0.2, -0.15) is 0 Å². The van der Waals surface area contributed by atoms with Gasteiger partial charge in [0.1, 0.15) is 11.5 Å². The number of hydrogen-bond acceptors (Lipinski definition) is 5. The quantitative estimate of drug-likeness (QED) is 0.807. The molecular weight excluding hydrogens is 244 g/mol. The molecule has 6 heteroatoms. The summed E-state index contributed by atoms with van der Waals surface area (Å²) in [4.78, 5) is 20.1. The summed E-state index contributed by atoms with van der Waals surface area (Å²) in [5, 5.41) is 5.93. The van der Waals surface area contributed by atoms with Crippen LogP contribution in [0.15, 0.2) is 12.4 Å². The zero-order chi connectivity index (χ0) is 13.5. The minimum absolute atomic E-state index is 0.141. The largest absolute Gasteiger partial charge is 0.376 e. The molecule has 2 N–H and O–H groups in total. The lowest BCUT2D eigenvalue weighted by Gasteiger charge is -2.10. The lowest BCUT2D eigenvalue weighted by atomic mass is 10.2. The highest BCUT2D eigenvalue weighted by Crippen LogP contribution is 2.10. The Bertz CT molecular complexity index is 402. The average molecular weight is 264 g/mol. The first kappa shape index (κ1) is 13.7. The Hall–Kier alpha value is -1.69. The van der Waals surface area contributed by atoms with Crippen LogP contribution in [0, 0.1) is 0 Å². The van der Waals surface area contributed by atoms with Gasteiger partial charge in [-0.25, -0.2) is 9.97 Å². The van der Waals surface area contributed by atoms with Crippen LogP contribution in [0.1, 0.15) is 36.7 Å². The van der Waals surface area contributed by atoms with Crippen molar-refractivity contribution in [3.8, 4) is 0 Å². The van der Waals surface area contributed by atoms with Crippen LogP contribution in [-0.4, -0.2) is 41.7 Å². The van der Waals surface area contributed by atoms with Gasteiger partial charge in [-0.3, -0.25) is 4.79 Å². The van der Waals surface area contributed by atoms with E-state index in [1.807, 2.05) is 0 Å². The zero-order valence-corrected chi connectivity index (χ0v) is 11.2. The summed E-state index contributed by atoms with van der Waals surface area (Å²) in [5.41, 5.74) is 0.333. The molecule has 1 aromatic rings. The molecule has 0 bridgehead atoms. The molecule has 104 valence electrons. The van der Waals surface area contributed by atoms with Crippen molar-refractivity contribution in [3.05, 3.63) is 18.1 Å². The molecule has 0 saturated carbocycles. The van der Waals surface area contributed by atoms with E-state index in [1.165, 1.54) is 6.20 Å². The second kappa shape index (κ2) is 7.04. The third-order valence-corrected chi connectivity index (χ3v) is 2.95. The summed E-state index contributed by atoms with van der Waals surface area (Å²) in [5.74, 6) is 0.488. The van der Waals surface area contributed by atoms with E-state index in [0.717, 1.165) is 32.4 Å². The van der Waals surface area contributed by atoms with Gasteiger partial charge in [0.15, 0.2) is 0 Å². The lowest BCUT2D eigenvalue weighted by molar-refractivity contribution is 0.0853. The Kier molecular flexibility index (Phi) is 5.09. The topological polar surface area (TPSA) is 76.1 Å². The first-order valence-corrected chi connectivity index (χ1v) is 6.75. The van der Waals surface area contributed by atoms with Crippen LogP contribution in [0.2, 0.25) is 0 Å². The second-order valence-electron chi connectivity index (χ2n) is 4.56. The Morgan fingerprint density at radius 1 is 1.47 bits per heavy atom. The maximum atomic E-state index is 11.8. The van der Waals surface area contributed by atoms with E-state index < -0.39 is 0 Å². The molecule has 1 saturated heterocycles. The van der Waals surface area contributed by atoms with Crippen molar-refractivity contribution >= 4 is 11.7 Å². The highest BCUT2D eigenvalue weighted by Gasteiger charge is 2.17. The number of anilines is 1. The van der Waals surface area contributed by atoms with Crippen LogP contribution in [0.3, 0.4) is 0 Å². The van der Waals surface area contributed by atoms with Gasteiger partial charge in [0, 0.05) is 19.7 Å². The molecule has 0 aliphatic carbocycles. The fourth-order valence-corrected chi connectivity index (χ4v) is 1.89. The first-order chi connectivity index (χ1) is 9.29. The molecule has 1 aromatic heterocycles. The number of carbonyl (C=O) groups is 1. The predicted molar refractivity (Wildman–Crippen MR) is 72.1 cm³/mol. The average Bonchev–Trinajstić information content (AvgIpc) is 2.96. The third kappa shape index (κ3) is 4.17. The van der Waals surface area contributed by atoms with E-state index >= 15 is 0 Å². The smallest absolute Gasteiger partial charge is 0.271 e. The highest BCUT2D eigenvalue weighted by atomic mass is 16.5. The fourth-order valence-electron chi connectivity index (χ4n) is 1.89. The second-order valence-corrected chi connectivity index (χ2v) is 4.56. The maximum Gasteiger partial charge on any atom is 0.271 e. The van der Waals surface area contributed by atoms with Crippen molar-refractivity contribution in [2.75, 3.05) is 25.0 Å². The van der Waals surface area contributed by atoms with Crippen molar-refractivity contribution in [2.45, 2.75) is 32.3 Å². The number of ether oxygens (including phenoxy) is 1. The van der Waals surface area contributed by atoms with Gasteiger partial charge < -0.3 is 15.4 Å². The third-order valence-electron chi connectivity index (χ3n) is 2.95. The van der Waals surface area contributed by atoms with E-state index in [9.17, 15) is 4.79 Å². The van der Waals surface area contributed by atoms with Crippen LogP contribution in [0.25, 0.3) is 0 Å². The summed E-state index contributed by atoms with van der Waals surface area (Å²) < 4.78 is 5.44. The Morgan fingerprint density at radius 2 is 2.37 bits per heavy atom. The molecule has 0 spiro atoms. The number of hydrogen-bond donors (Lipinski definition) is 2. The molecule has 2 heterocycles. The number of nitrogens with one attached hydrogen (secondary N) is 2. The minimum Gasteiger partial charge on any atom is -0.376 e. The van der Waals surface area contributed by atoms with Gasteiger partial charge >= 0.3 is 0 Å². The van der Waals surface area contributed by atoms with E-state index in [1.54, 1.807) is 6.20 Å². The number of amides is 1. The summed E-state index contributed by atoms with van der Waals surface area (Å²) in [6.45, 7) is 4.25. The van der Waals surface area contributed by atoms with Crippen molar-refractivity contribution in [2.24, 2.45) is 0 Å². The number of carbonyl (C=O) groups excluding carboxylic acids is 1. The maximum absolute atomic E-state index is 11.8. The Balaban J connectivity index is 1.81. The molecule has 1 atom stereocenters. The van der Waals surface area contributed by atoms with Gasteiger partial charge in [0.25, 0.3) is 5.91 Å². The van der Waals surface area contributed by atoms with Crippen molar-refractivity contribution in [3.63, 3.8) is 0 Å². The molecule has 1 unspecified atom stereocenters. The molecule has 0 radical (unpaired) electrons. The Morgan fingerprint density at radius 3 is 3.00 bits per heavy atom. The molecule has 2 rings (SSSR count). The molecule has 1 fully saturated rings. The monoisotopic (exact) mass is 264 g/mol. The van der Waals surface area contributed by atoms with Crippen molar-refractivity contribution < 1.29 is 9.53 Å². The zero-order valence-electron chi connectivity index (χ0n) is 11.2. The summed E-state index contributed by atoms with van der Waals surface area (Å²) in [6.07, 6.45) is 6.30. The predicted octanol–water partition coefficient (Wildman–Crippen LogP) is 1.21. The first-order valence-electron chi connectivity index (χ1n) is 6.75. The van der Waals surface area contributed by atoms with Crippen LogP contribution in [-0.2, 0) is 4.74 Å². The molecular formula is C13H20N4O2. The van der Waals surface area contributed by atoms with Crippen LogP contribution in [0.5, 0.6) is 0 Å². The number of aromatic nitrogens is 2. The van der Waals surface area contributed by atoms with E-state index in [4.69, 9.17) is 4.74 Å². The molecule has 1 amide bonds. The van der Waals surface area contributed by atoms with E-state index in [-0.39, 0.29) is 12.0 Å². The summed E-state index contributed by atoms with van der Waals surface area (Å²) in [6, 6.07) is 0. The SMILES string of the molecule is CCCNc1cnc(C(=O)NCC2CCCO2)cn1. The normalized spacial score (nSPS) is 18.3. The molecule has 19 heavy (non-hydrogen) atoms. The van der Waals surface area contributed by atoms with E-state index in [0.29, 0.717) is 18.1 Å². The molecule has 0 aromatic carbocycles. The fraction of sp³-hybridized carbons (Fsp3) is 0.615. The van der Waals surface area contributed by atoms with Gasteiger partial charge in [0.2, 0.25) is 0 Å². The van der Waals surface area contributed by atoms with E-state index in [2.05, 4.69) is 27.5 Å². The molecule has 1 aliphatic rings. The van der Waals surface area contributed by atoms with Crippen LogP contribution < -0.4 is 10.6 Å². The standard InChI is InChI=1S/C13H20N4O2/c1-2-5-14-12-9-15-11(8-16-12)13(18)17-7-10-4-3-6-19-10/h8-10H,2-7H2,1H3,(H,14,16)(H,17,18). The highest BCUT2D eigenvalue weighted by molar-refractivity contribution is 5.92. The van der Waals surface area contributed by atoms with Gasteiger partial charge in [-0.05, 0) is 19.3 Å². The minimum atomic E-state index is -0.204. The molecule has 6 nitrogen and oxygen atoms in total. The number of nitrogens with zero attached hydrogens (tertiary/aromatic N) is 2. The van der Waals surface area contributed by atoms with Crippen molar-refractivity contribution in [1.82, 2.24) is 15.3 Å². The van der Waals surface area contributed by atoms with Crippen LogP contribution >= 0.6 is 0 Å². The molecule has 1 aliphatic heterocycles. The number of rotatable bonds is 6. The summed E-state index contributed by atoms with van der Waals surface area (Å²) in [7, 11) is 0. The Labute approximate surface area is 113 Å². The van der Waals surface area contributed by atoms with Gasteiger partial charge in [0.05, 0.1) is 18.5 Å².